The number of hydrogen-bond donors (Lipinski definition) is 2. The van der Waals surface area contributed by atoms with Gasteiger partial charge in [-0.15, -0.1) is 0 Å². The molecule has 2 N–H and O–H groups in total. The van der Waals surface area contributed by atoms with E-state index in [2.05, 4.69) is 5.43 Å². The summed E-state index contributed by atoms with van der Waals surface area (Å²) in [7, 11) is 1.47. The predicted octanol–water partition coefficient (Wildman–Crippen LogP) is 7.04. The Hall–Kier alpha value is -5.19. The molecule has 9 nitrogen and oxygen atoms in total. The summed E-state index contributed by atoms with van der Waals surface area (Å²) in [6.45, 7) is 0. The summed E-state index contributed by atoms with van der Waals surface area (Å²) in [5, 5.41) is 13.5. The summed E-state index contributed by atoms with van der Waals surface area (Å²) in [5.74, 6) is -6.39. The number of rotatable bonds is 6. The maximum Gasteiger partial charge on any atom is 0.260 e. The minimum Gasteiger partial charge on any atom is -0.508 e. The van der Waals surface area contributed by atoms with E-state index in [1.54, 1.807) is 60.7 Å². The van der Waals surface area contributed by atoms with Crippen LogP contribution in [0.1, 0.15) is 29.9 Å². The van der Waals surface area contributed by atoms with Crippen molar-refractivity contribution in [2.45, 2.75) is 24.2 Å². The number of ether oxygens (including phenoxy) is 1. The van der Waals surface area contributed by atoms with Crippen LogP contribution in [0.15, 0.2) is 103 Å². The predicted molar refractivity (Wildman–Crippen MR) is 188 cm³/mol. The number of anilines is 2. The Balaban J connectivity index is 1.33. The Morgan fingerprint density at radius 2 is 1.51 bits per heavy atom. The molecule has 0 spiro atoms. The highest BCUT2D eigenvalue weighted by Gasteiger charge is 2.70. The lowest BCUT2D eigenvalue weighted by molar-refractivity contribution is -0.138. The number of aromatic hydroxyl groups is 1. The molecule has 1 saturated carbocycles. The minimum absolute atomic E-state index is 0.0582. The Bertz CT molecular complexity index is 2140. The van der Waals surface area contributed by atoms with Crippen molar-refractivity contribution >= 4 is 58.2 Å². The smallest absolute Gasteiger partial charge is 0.260 e. The van der Waals surface area contributed by atoms with Crippen LogP contribution < -0.4 is 15.1 Å². The van der Waals surface area contributed by atoms with Crippen LogP contribution in [-0.4, -0.2) is 40.9 Å². The lowest BCUT2D eigenvalue weighted by atomic mass is 9.49. The fourth-order valence-electron chi connectivity index (χ4n) is 8.74. The van der Waals surface area contributed by atoms with Gasteiger partial charge in [0, 0.05) is 27.6 Å². The molecule has 12 heteroatoms. The maximum absolute atomic E-state index is 15.2. The quantitative estimate of drug-likeness (QED) is 0.162. The molecule has 0 aromatic heterocycles. The summed E-state index contributed by atoms with van der Waals surface area (Å²) in [4.78, 5) is 59.4. The molecular formula is C39H30Cl2FN3O6. The average Bonchev–Trinajstić information content (AvgIpc) is 3.51. The van der Waals surface area contributed by atoms with Crippen LogP contribution in [0.2, 0.25) is 10.0 Å². The summed E-state index contributed by atoms with van der Waals surface area (Å²) < 4.78 is 19.2. The van der Waals surface area contributed by atoms with Crippen LogP contribution in [0.25, 0.3) is 0 Å². The van der Waals surface area contributed by atoms with Gasteiger partial charge in [0.25, 0.3) is 11.8 Å². The number of nitrogens with one attached hydrogen (secondary N) is 1. The first kappa shape index (κ1) is 33.0. The first-order valence-corrected chi connectivity index (χ1v) is 17.2. The van der Waals surface area contributed by atoms with Crippen LogP contribution >= 0.6 is 23.2 Å². The van der Waals surface area contributed by atoms with E-state index in [4.69, 9.17) is 27.9 Å². The standard InChI is InChI=1S/C39H30Cl2FN3O6/c1-51-26-14-15-28(32(46)18-26)34-27-16-17-29-33(37(49)44(35(29)47)25-12-6-22(41)7-13-25)30(27)19-31-36(48)45(43-24-10-8-23(42)9-11-24)38(50)39(31,34)20-2-4-21(40)5-3-20/h2-16,18,29-31,33-34,43,46H,17,19H2,1H3. The van der Waals surface area contributed by atoms with Gasteiger partial charge in [-0.2, -0.15) is 5.01 Å². The monoisotopic (exact) mass is 725 g/mol. The van der Waals surface area contributed by atoms with Gasteiger partial charge in [0.05, 0.1) is 41.7 Å². The minimum atomic E-state index is -1.63. The maximum atomic E-state index is 15.2. The molecule has 51 heavy (non-hydrogen) atoms. The van der Waals surface area contributed by atoms with Crippen LogP contribution in [0.3, 0.4) is 0 Å². The van der Waals surface area contributed by atoms with Crippen LogP contribution in [-0.2, 0) is 24.6 Å². The number of phenolic OH excluding ortho intramolecular Hbond substituents is 1. The first-order chi connectivity index (χ1) is 24.5. The number of methoxy groups -OCH3 is 1. The van der Waals surface area contributed by atoms with Crippen molar-refractivity contribution < 1.29 is 33.4 Å². The van der Waals surface area contributed by atoms with Crippen molar-refractivity contribution in [3.63, 3.8) is 0 Å². The molecule has 3 fully saturated rings. The largest absolute Gasteiger partial charge is 0.508 e. The van der Waals surface area contributed by atoms with Gasteiger partial charge in [-0.1, -0.05) is 53.1 Å². The molecule has 8 rings (SSSR count). The average molecular weight is 727 g/mol. The van der Waals surface area contributed by atoms with E-state index in [1.165, 1.54) is 42.3 Å². The van der Waals surface area contributed by atoms with Crippen LogP contribution in [0.5, 0.6) is 11.5 Å². The number of hydrazine groups is 1. The summed E-state index contributed by atoms with van der Waals surface area (Å²) in [5.41, 5.74) is 3.48. The SMILES string of the molecule is COc1ccc(C2C3=CCC4C(=O)N(c5ccc(Cl)cc5)C(=O)C4C3CC3C(=O)N(Nc4ccc(F)cc4)C(=O)C32c2ccc(Cl)cc2)c(O)c1. The zero-order valence-electron chi connectivity index (χ0n) is 27.1. The molecule has 258 valence electrons. The number of phenols is 1. The number of amides is 4. The second-order valence-corrected chi connectivity index (χ2v) is 14.2. The van der Waals surface area contributed by atoms with Crippen molar-refractivity contribution in [2.24, 2.45) is 23.7 Å². The number of hydrogen-bond acceptors (Lipinski definition) is 7. The molecule has 0 radical (unpaired) electrons. The Labute approximate surface area is 302 Å². The summed E-state index contributed by atoms with van der Waals surface area (Å²) in [6, 6.07) is 23.2. The molecule has 6 unspecified atom stereocenters. The second-order valence-electron chi connectivity index (χ2n) is 13.3. The number of imide groups is 2. The van der Waals surface area contributed by atoms with Gasteiger partial charge in [-0.3, -0.25) is 29.5 Å². The van der Waals surface area contributed by atoms with Crippen LogP contribution in [0.4, 0.5) is 15.8 Å². The second kappa shape index (κ2) is 12.2. The topological polar surface area (TPSA) is 116 Å². The number of halogens is 3. The van der Waals surface area contributed by atoms with E-state index >= 15 is 4.79 Å². The van der Waals surface area contributed by atoms with Gasteiger partial charge in [-0.05, 0) is 91.1 Å². The molecule has 2 aliphatic heterocycles. The molecule has 2 heterocycles. The van der Waals surface area contributed by atoms with E-state index in [9.17, 15) is 23.9 Å². The molecule has 4 amide bonds. The van der Waals surface area contributed by atoms with Crippen molar-refractivity contribution in [3.05, 3.63) is 130 Å². The molecular weight excluding hydrogens is 696 g/mol. The number of nitrogens with zero attached hydrogens (tertiary/aromatic N) is 2. The Morgan fingerprint density at radius 1 is 0.843 bits per heavy atom. The Morgan fingerprint density at radius 3 is 2.16 bits per heavy atom. The fraction of sp³-hybridized carbons (Fsp3) is 0.231. The highest BCUT2D eigenvalue weighted by atomic mass is 35.5. The molecule has 4 aliphatic rings. The van der Waals surface area contributed by atoms with Gasteiger partial charge < -0.3 is 9.84 Å². The van der Waals surface area contributed by atoms with Gasteiger partial charge >= 0.3 is 0 Å². The highest BCUT2D eigenvalue weighted by molar-refractivity contribution is 6.31. The molecule has 2 saturated heterocycles. The molecule has 4 aromatic rings. The van der Waals surface area contributed by atoms with E-state index < -0.39 is 58.5 Å². The number of benzene rings is 4. The zero-order valence-corrected chi connectivity index (χ0v) is 28.6. The molecule has 4 aromatic carbocycles. The van der Waals surface area contributed by atoms with Gasteiger partial charge in [-0.25, -0.2) is 4.39 Å². The third kappa shape index (κ3) is 4.95. The van der Waals surface area contributed by atoms with Crippen molar-refractivity contribution in [2.75, 3.05) is 17.4 Å². The van der Waals surface area contributed by atoms with Gasteiger partial charge in [0.15, 0.2) is 0 Å². The number of carbonyl (C=O) groups excluding carboxylic acids is 4. The van der Waals surface area contributed by atoms with Gasteiger partial charge in [0.2, 0.25) is 11.8 Å². The third-order valence-electron chi connectivity index (χ3n) is 10.9. The Kier molecular flexibility index (Phi) is 7.92. The first-order valence-electron chi connectivity index (χ1n) is 16.4. The third-order valence-corrected chi connectivity index (χ3v) is 11.4. The number of allylic oxidation sites excluding steroid dienone is 2. The van der Waals surface area contributed by atoms with Crippen molar-refractivity contribution in [1.29, 1.82) is 0 Å². The normalized spacial score (nSPS) is 26.8. The summed E-state index contributed by atoms with van der Waals surface area (Å²) in [6.07, 6.45) is 2.17. The lowest BCUT2D eigenvalue weighted by Gasteiger charge is -2.50. The van der Waals surface area contributed by atoms with Crippen molar-refractivity contribution in [1.82, 2.24) is 5.01 Å². The fourth-order valence-corrected chi connectivity index (χ4v) is 8.99. The molecule has 2 aliphatic carbocycles. The summed E-state index contributed by atoms with van der Waals surface area (Å²) >= 11 is 12.5. The highest BCUT2D eigenvalue weighted by Crippen LogP contribution is 2.65. The van der Waals surface area contributed by atoms with E-state index in [0.29, 0.717) is 43.9 Å². The van der Waals surface area contributed by atoms with E-state index in [1.807, 2.05) is 6.08 Å². The number of carbonyl (C=O) groups is 4. The van der Waals surface area contributed by atoms with Crippen LogP contribution in [0, 0.1) is 29.5 Å². The van der Waals surface area contributed by atoms with E-state index in [0.717, 1.165) is 5.01 Å². The molecule has 0 bridgehead atoms. The zero-order chi connectivity index (χ0) is 35.8. The lowest BCUT2D eigenvalue weighted by Crippen LogP contribution is -2.53. The van der Waals surface area contributed by atoms with Crippen molar-refractivity contribution in [3.8, 4) is 11.5 Å². The van der Waals surface area contributed by atoms with Gasteiger partial charge in [0.1, 0.15) is 17.3 Å². The number of fused-ring (bicyclic) bond motifs is 4. The molecule has 6 atom stereocenters. The van der Waals surface area contributed by atoms with E-state index in [-0.39, 0.29) is 24.5 Å².